The summed E-state index contributed by atoms with van der Waals surface area (Å²) in [7, 11) is 0. The number of rotatable bonds is 3. The molecule has 15 heavy (non-hydrogen) atoms. The predicted octanol–water partition coefficient (Wildman–Crippen LogP) is 3.29. The van der Waals surface area contributed by atoms with Gasteiger partial charge in [-0.1, -0.05) is 6.92 Å². The molecule has 0 amide bonds. The van der Waals surface area contributed by atoms with Crippen molar-refractivity contribution in [3.63, 3.8) is 0 Å². The van der Waals surface area contributed by atoms with Gasteiger partial charge in [0.1, 0.15) is 5.82 Å². The number of fused-ring (bicyclic) bond motifs is 1. The van der Waals surface area contributed by atoms with Crippen molar-refractivity contribution in [1.29, 1.82) is 0 Å². The van der Waals surface area contributed by atoms with Crippen molar-refractivity contribution >= 4 is 16.7 Å². The van der Waals surface area contributed by atoms with Gasteiger partial charge in [-0.2, -0.15) is 0 Å². The van der Waals surface area contributed by atoms with Crippen molar-refractivity contribution in [1.82, 2.24) is 4.98 Å². The second kappa shape index (κ2) is 3.85. The Morgan fingerprint density at radius 2 is 2.27 bits per heavy atom. The lowest BCUT2D eigenvalue weighted by Crippen LogP contribution is -1.96. The van der Waals surface area contributed by atoms with E-state index in [1.165, 1.54) is 12.1 Å². The van der Waals surface area contributed by atoms with Crippen molar-refractivity contribution in [2.75, 3.05) is 0 Å². The molecule has 2 nitrogen and oxygen atoms in total. The number of carbonyl (C=O) groups excluding carboxylic acids is 1. The first-order valence-electron chi connectivity index (χ1n) is 5.02. The van der Waals surface area contributed by atoms with Crippen LogP contribution >= 0.6 is 0 Å². The van der Waals surface area contributed by atoms with Crippen LogP contribution in [0.2, 0.25) is 0 Å². The maximum absolute atomic E-state index is 12.9. The van der Waals surface area contributed by atoms with Crippen LogP contribution in [-0.2, 0) is 0 Å². The molecule has 2 rings (SSSR count). The van der Waals surface area contributed by atoms with Gasteiger partial charge in [0.2, 0.25) is 0 Å². The molecule has 1 aromatic carbocycles. The standard InChI is InChI=1S/C12H12FNO/c1-2-3-12(15)10-7-14-11-6-8(13)4-5-9(10)11/h4-7,14H,2-3H2,1H3. The highest BCUT2D eigenvalue weighted by molar-refractivity contribution is 6.07. The molecule has 1 aromatic heterocycles. The highest BCUT2D eigenvalue weighted by atomic mass is 19.1. The molecule has 0 fully saturated rings. The van der Waals surface area contributed by atoms with Gasteiger partial charge in [-0.15, -0.1) is 0 Å². The number of H-pyrrole nitrogens is 1. The molecule has 78 valence electrons. The van der Waals surface area contributed by atoms with E-state index in [4.69, 9.17) is 0 Å². The van der Waals surface area contributed by atoms with Gasteiger partial charge in [-0.25, -0.2) is 4.39 Å². The van der Waals surface area contributed by atoms with E-state index >= 15 is 0 Å². The van der Waals surface area contributed by atoms with E-state index in [2.05, 4.69) is 4.98 Å². The molecule has 0 atom stereocenters. The summed E-state index contributed by atoms with van der Waals surface area (Å²) in [4.78, 5) is 14.6. The van der Waals surface area contributed by atoms with E-state index in [0.29, 0.717) is 17.5 Å². The molecule has 2 aromatic rings. The fourth-order valence-corrected chi connectivity index (χ4v) is 1.69. The fourth-order valence-electron chi connectivity index (χ4n) is 1.69. The first kappa shape index (κ1) is 9.90. The minimum Gasteiger partial charge on any atom is -0.360 e. The minimum absolute atomic E-state index is 0.107. The summed E-state index contributed by atoms with van der Waals surface area (Å²) in [6.07, 6.45) is 3.01. The molecule has 0 bridgehead atoms. The van der Waals surface area contributed by atoms with Crippen molar-refractivity contribution in [2.24, 2.45) is 0 Å². The summed E-state index contributed by atoms with van der Waals surface area (Å²) in [6, 6.07) is 4.42. The van der Waals surface area contributed by atoms with Gasteiger partial charge < -0.3 is 4.98 Å². The number of ketones is 1. The van der Waals surface area contributed by atoms with Crippen molar-refractivity contribution in [2.45, 2.75) is 19.8 Å². The van der Waals surface area contributed by atoms with Crippen molar-refractivity contribution < 1.29 is 9.18 Å². The molecule has 0 unspecified atom stereocenters. The normalized spacial score (nSPS) is 10.8. The third kappa shape index (κ3) is 1.77. The van der Waals surface area contributed by atoms with Crippen LogP contribution in [0.15, 0.2) is 24.4 Å². The van der Waals surface area contributed by atoms with Crippen LogP contribution in [0.4, 0.5) is 4.39 Å². The van der Waals surface area contributed by atoms with E-state index in [-0.39, 0.29) is 11.6 Å². The Kier molecular flexibility index (Phi) is 2.54. The molecular weight excluding hydrogens is 193 g/mol. The van der Waals surface area contributed by atoms with Gasteiger partial charge in [-0.3, -0.25) is 4.79 Å². The first-order valence-corrected chi connectivity index (χ1v) is 5.02. The highest BCUT2D eigenvalue weighted by Crippen LogP contribution is 2.20. The minimum atomic E-state index is -0.293. The summed E-state index contributed by atoms with van der Waals surface area (Å²) in [6.45, 7) is 1.96. The third-order valence-electron chi connectivity index (χ3n) is 2.42. The number of nitrogens with one attached hydrogen (secondary N) is 1. The van der Waals surface area contributed by atoms with Crippen LogP contribution in [0, 0.1) is 5.82 Å². The van der Waals surface area contributed by atoms with Gasteiger partial charge in [0.15, 0.2) is 5.78 Å². The van der Waals surface area contributed by atoms with Crippen molar-refractivity contribution in [3.05, 3.63) is 35.8 Å². The van der Waals surface area contributed by atoms with Crippen LogP contribution in [0.1, 0.15) is 30.1 Å². The molecule has 1 N–H and O–H groups in total. The summed E-state index contributed by atoms with van der Waals surface area (Å²) in [5.41, 5.74) is 1.33. The van der Waals surface area contributed by atoms with Crippen LogP contribution in [0.25, 0.3) is 10.9 Å². The Labute approximate surface area is 87.1 Å². The summed E-state index contributed by atoms with van der Waals surface area (Å²) < 4.78 is 12.9. The van der Waals surface area contributed by atoms with Crippen LogP contribution in [0.5, 0.6) is 0 Å². The van der Waals surface area contributed by atoms with E-state index < -0.39 is 0 Å². The quantitative estimate of drug-likeness (QED) is 0.766. The number of halogens is 1. The molecule has 0 aliphatic heterocycles. The maximum Gasteiger partial charge on any atom is 0.165 e. The van der Waals surface area contributed by atoms with E-state index in [0.717, 1.165) is 11.8 Å². The summed E-state index contributed by atoms with van der Waals surface area (Å²) >= 11 is 0. The largest absolute Gasteiger partial charge is 0.360 e. The lowest BCUT2D eigenvalue weighted by molar-refractivity contribution is 0.0983. The number of hydrogen-bond donors (Lipinski definition) is 1. The van der Waals surface area contributed by atoms with Gasteiger partial charge in [0.05, 0.1) is 0 Å². The van der Waals surface area contributed by atoms with Gasteiger partial charge in [-0.05, 0) is 24.6 Å². The van der Waals surface area contributed by atoms with Crippen LogP contribution in [-0.4, -0.2) is 10.8 Å². The Morgan fingerprint density at radius 1 is 1.47 bits per heavy atom. The lowest BCUT2D eigenvalue weighted by atomic mass is 10.1. The maximum atomic E-state index is 12.9. The second-order valence-electron chi connectivity index (χ2n) is 3.57. The number of aromatic nitrogens is 1. The first-order chi connectivity index (χ1) is 7.22. The van der Waals surface area contributed by atoms with E-state index in [1.54, 1.807) is 12.3 Å². The highest BCUT2D eigenvalue weighted by Gasteiger charge is 2.10. The zero-order valence-electron chi connectivity index (χ0n) is 8.51. The van der Waals surface area contributed by atoms with E-state index in [9.17, 15) is 9.18 Å². The van der Waals surface area contributed by atoms with Gasteiger partial charge >= 0.3 is 0 Å². The molecule has 0 spiro atoms. The Bertz CT molecular complexity index is 501. The summed E-state index contributed by atoms with van der Waals surface area (Å²) in [5, 5.41) is 0.801. The zero-order chi connectivity index (χ0) is 10.8. The number of aromatic amines is 1. The Balaban J connectivity index is 2.49. The molecule has 0 saturated carbocycles. The Hall–Kier alpha value is -1.64. The number of Topliss-reactive ketones (excluding diaryl/α,β-unsaturated/α-hetero) is 1. The summed E-state index contributed by atoms with van der Waals surface area (Å²) in [5.74, 6) is -0.186. The van der Waals surface area contributed by atoms with Gasteiger partial charge in [0, 0.05) is 29.1 Å². The average Bonchev–Trinajstić information content (AvgIpc) is 2.60. The smallest absolute Gasteiger partial charge is 0.165 e. The zero-order valence-corrected chi connectivity index (χ0v) is 8.51. The fraction of sp³-hybridized carbons (Fsp3) is 0.250. The number of benzene rings is 1. The average molecular weight is 205 g/mol. The SMILES string of the molecule is CCCC(=O)c1c[nH]c2cc(F)ccc12. The van der Waals surface area contributed by atoms with Gasteiger partial charge in [0.25, 0.3) is 0 Å². The molecule has 3 heteroatoms. The van der Waals surface area contributed by atoms with Crippen molar-refractivity contribution in [3.8, 4) is 0 Å². The molecule has 0 saturated heterocycles. The second-order valence-corrected chi connectivity index (χ2v) is 3.57. The molecule has 1 heterocycles. The van der Waals surface area contributed by atoms with Crippen LogP contribution < -0.4 is 0 Å². The molecule has 0 aliphatic rings. The number of hydrogen-bond acceptors (Lipinski definition) is 1. The lowest BCUT2D eigenvalue weighted by Gasteiger charge is -1.96. The topological polar surface area (TPSA) is 32.9 Å². The molecule has 0 radical (unpaired) electrons. The monoisotopic (exact) mass is 205 g/mol. The molecular formula is C12H12FNO. The number of carbonyl (C=O) groups is 1. The third-order valence-corrected chi connectivity index (χ3v) is 2.42. The predicted molar refractivity (Wildman–Crippen MR) is 57.5 cm³/mol. The Morgan fingerprint density at radius 3 is 3.00 bits per heavy atom. The molecule has 0 aliphatic carbocycles. The van der Waals surface area contributed by atoms with Crippen LogP contribution in [0.3, 0.4) is 0 Å². The van der Waals surface area contributed by atoms with E-state index in [1.807, 2.05) is 6.92 Å².